The molecular weight excluding hydrogens is 436 g/mol. The summed E-state index contributed by atoms with van der Waals surface area (Å²) >= 11 is 0. The summed E-state index contributed by atoms with van der Waals surface area (Å²) in [6, 6.07) is 0. The fourth-order valence-corrected chi connectivity index (χ4v) is 10.7. The lowest BCUT2D eigenvalue weighted by Crippen LogP contribution is -2.67. The lowest BCUT2D eigenvalue weighted by atomic mass is 9.33. The van der Waals surface area contributed by atoms with Crippen LogP contribution >= 0.6 is 0 Å². The van der Waals surface area contributed by atoms with Crippen molar-refractivity contribution >= 4 is 11.8 Å². The highest BCUT2D eigenvalue weighted by Gasteiger charge is 2.71. The maximum Gasteiger partial charge on any atom is 0.315 e. The predicted molar refractivity (Wildman–Crippen MR) is 137 cm³/mol. The van der Waals surface area contributed by atoms with Crippen LogP contribution in [0.3, 0.4) is 0 Å². The number of hydrogen-bond donors (Lipinski definition) is 1. The molecule has 8 atom stereocenters. The molecule has 0 aliphatic heterocycles. The lowest BCUT2D eigenvalue weighted by molar-refractivity contribution is -0.208. The van der Waals surface area contributed by atoms with Gasteiger partial charge in [-0.05, 0) is 90.8 Å². The third-order valence-corrected chi connectivity index (χ3v) is 13.0. The second kappa shape index (κ2) is 7.45. The number of carbonyl (C=O) groups excluding carboxylic acids is 2. The van der Waals surface area contributed by atoms with Gasteiger partial charge in [0.25, 0.3) is 0 Å². The van der Waals surface area contributed by atoms with E-state index in [4.69, 9.17) is 4.74 Å². The van der Waals surface area contributed by atoms with Crippen molar-refractivity contribution in [3.05, 3.63) is 11.6 Å². The van der Waals surface area contributed by atoms with Crippen LogP contribution in [0.4, 0.5) is 0 Å². The van der Waals surface area contributed by atoms with Crippen molar-refractivity contribution in [3.63, 3.8) is 0 Å². The van der Waals surface area contributed by atoms with Gasteiger partial charge in [-0.25, -0.2) is 0 Å². The van der Waals surface area contributed by atoms with E-state index in [9.17, 15) is 14.7 Å². The molecule has 0 aromatic heterocycles. The van der Waals surface area contributed by atoms with Gasteiger partial charge in [-0.2, -0.15) is 0 Å². The molecule has 0 radical (unpaired) electrons. The van der Waals surface area contributed by atoms with Crippen LogP contribution in [0.15, 0.2) is 11.6 Å². The van der Waals surface area contributed by atoms with Crippen LogP contribution < -0.4 is 0 Å². The molecule has 196 valence electrons. The highest BCUT2D eigenvalue weighted by molar-refractivity contribution is 5.85. The Kier molecular flexibility index (Phi) is 5.43. The molecule has 4 heteroatoms. The highest BCUT2D eigenvalue weighted by Crippen LogP contribution is 2.75. The minimum Gasteiger partial charge on any atom is -0.468 e. The topological polar surface area (TPSA) is 63.6 Å². The smallest absolute Gasteiger partial charge is 0.315 e. The Labute approximate surface area is 212 Å². The van der Waals surface area contributed by atoms with Gasteiger partial charge in [0, 0.05) is 11.8 Å². The zero-order valence-electron chi connectivity index (χ0n) is 23.4. The number of carbonyl (C=O) groups is 2. The van der Waals surface area contributed by atoms with E-state index in [1.165, 1.54) is 12.7 Å². The second-order valence-electron chi connectivity index (χ2n) is 15.1. The van der Waals surface area contributed by atoms with E-state index < -0.39 is 11.5 Å². The Balaban J connectivity index is 1.64. The highest BCUT2D eigenvalue weighted by atomic mass is 16.5. The summed E-state index contributed by atoms with van der Waals surface area (Å²) in [4.78, 5) is 26.3. The van der Waals surface area contributed by atoms with Gasteiger partial charge >= 0.3 is 5.97 Å². The summed E-state index contributed by atoms with van der Waals surface area (Å²) < 4.78 is 5.39. The van der Waals surface area contributed by atoms with Crippen LogP contribution in [-0.2, 0) is 14.3 Å². The van der Waals surface area contributed by atoms with Crippen molar-refractivity contribution < 1.29 is 19.4 Å². The van der Waals surface area contributed by atoms with E-state index in [2.05, 4.69) is 54.5 Å². The number of allylic oxidation sites excluding steroid dienone is 2. The Morgan fingerprint density at radius 3 is 2.31 bits per heavy atom. The average Bonchev–Trinajstić information content (AvgIpc) is 2.76. The van der Waals surface area contributed by atoms with Crippen molar-refractivity contribution in [2.45, 2.75) is 112 Å². The Morgan fingerprint density at radius 1 is 0.971 bits per heavy atom. The molecule has 0 aromatic carbocycles. The van der Waals surface area contributed by atoms with E-state index >= 15 is 0 Å². The summed E-state index contributed by atoms with van der Waals surface area (Å²) in [5.41, 5.74) is 0.457. The molecule has 5 aliphatic carbocycles. The monoisotopic (exact) mass is 484 g/mol. The van der Waals surface area contributed by atoms with E-state index in [0.29, 0.717) is 36.9 Å². The van der Waals surface area contributed by atoms with Crippen molar-refractivity contribution in [3.8, 4) is 0 Å². The van der Waals surface area contributed by atoms with Crippen LogP contribution in [0.5, 0.6) is 0 Å². The molecule has 0 saturated heterocycles. The first-order valence-electron chi connectivity index (χ1n) is 14.1. The number of ether oxygens (including phenoxy) is 1. The molecule has 0 amide bonds. The zero-order chi connectivity index (χ0) is 25.8. The summed E-state index contributed by atoms with van der Waals surface area (Å²) in [5.74, 6) is 1.12. The van der Waals surface area contributed by atoms with Crippen molar-refractivity contribution in [1.29, 1.82) is 0 Å². The van der Waals surface area contributed by atoms with Gasteiger partial charge in [0.2, 0.25) is 0 Å². The summed E-state index contributed by atoms with van der Waals surface area (Å²) in [6.07, 6.45) is 9.81. The fourth-order valence-electron chi connectivity index (χ4n) is 10.7. The first-order chi connectivity index (χ1) is 16.1. The van der Waals surface area contributed by atoms with Crippen molar-refractivity contribution in [2.24, 2.45) is 50.2 Å². The minimum absolute atomic E-state index is 0.0279. The van der Waals surface area contributed by atoms with Crippen LogP contribution in [-0.4, -0.2) is 30.1 Å². The number of ketones is 1. The van der Waals surface area contributed by atoms with Crippen LogP contribution in [0.25, 0.3) is 0 Å². The van der Waals surface area contributed by atoms with Crippen LogP contribution in [0, 0.1) is 50.2 Å². The number of aliphatic hydroxyl groups is 1. The third-order valence-electron chi connectivity index (χ3n) is 13.0. The van der Waals surface area contributed by atoms with Gasteiger partial charge in [0.05, 0.1) is 13.2 Å². The average molecular weight is 485 g/mol. The predicted octanol–water partition coefficient (Wildman–Crippen LogP) is 6.50. The van der Waals surface area contributed by atoms with Crippen LogP contribution in [0.2, 0.25) is 0 Å². The minimum atomic E-state index is -0.820. The Bertz CT molecular complexity index is 976. The SMILES string of the molecule is COC(=O)[C@]12CCC(C)(C)CC1C1=CCC3[C@@]4(C)CCC(=O)C(C)(C)C4CC[C@@]3(C)[C@]1(C)C[C@H]2O. The van der Waals surface area contributed by atoms with Gasteiger partial charge in [0.1, 0.15) is 11.2 Å². The zero-order valence-corrected chi connectivity index (χ0v) is 23.4. The standard InChI is InChI=1S/C31H48O4/c1-26(2)15-16-31(25(34)35-8)20(17-26)19-9-10-22-28(5)13-12-23(32)27(3,4)21(28)11-14-29(22,6)30(19,7)18-24(31)33/h9,20-22,24,33H,10-18H2,1-8H3/t20?,21?,22?,24-,28+,29-,30-,31-/m1/s1. The molecule has 4 saturated carbocycles. The molecule has 4 fully saturated rings. The summed E-state index contributed by atoms with van der Waals surface area (Å²) in [7, 11) is 1.48. The molecule has 0 bridgehead atoms. The molecule has 0 aromatic rings. The Morgan fingerprint density at radius 2 is 1.66 bits per heavy atom. The molecule has 0 heterocycles. The van der Waals surface area contributed by atoms with Crippen molar-refractivity contribution in [2.75, 3.05) is 7.11 Å². The number of Topliss-reactive ketones (excluding diaryl/α,β-unsaturated/α-hetero) is 1. The fraction of sp³-hybridized carbons (Fsp3) is 0.871. The molecule has 5 rings (SSSR count). The van der Waals surface area contributed by atoms with E-state index in [-0.39, 0.29) is 39.0 Å². The van der Waals surface area contributed by atoms with Crippen LogP contribution in [0.1, 0.15) is 106 Å². The first kappa shape index (κ1) is 25.5. The van der Waals surface area contributed by atoms with Gasteiger partial charge in [-0.3, -0.25) is 9.59 Å². The quantitative estimate of drug-likeness (QED) is 0.341. The van der Waals surface area contributed by atoms with Gasteiger partial charge in [0.15, 0.2) is 0 Å². The third kappa shape index (κ3) is 3.01. The van der Waals surface area contributed by atoms with Crippen molar-refractivity contribution in [1.82, 2.24) is 0 Å². The molecule has 0 spiro atoms. The number of esters is 1. The largest absolute Gasteiger partial charge is 0.468 e. The normalized spacial score (nSPS) is 50.1. The number of fused-ring (bicyclic) bond motifs is 7. The first-order valence-corrected chi connectivity index (χ1v) is 14.1. The Hall–Kier alpha value is -1.16. The van der Waals surface area contributed by atoms with Gasteiger partial charge < -0.3 is 9.84 Å². The summed E-state index contributed by atoms with van der Waals surface area (Å²) in [5, 5.41) is 11.9. The summed E-state index contributed by atoms with van der Waals surface area (Å²) in [6.45, 7) is 16.4. The molecule has 5 aliphatic rings. The van der Waals surface area contributed by atoms with Gasteiger partial charge in [-0.15, -0.1) is 0 Å². The number of aliphatic hydroxyl groups excluding tert-OH is 1. The lowest BCUT2D eigenvalue weighted by Gasteiger charge is -2.71. The number of rotatable bonds is 1. The maximum absolute atomic E-state index is 13.4. The van der Waals surface area contributed by atoms with E-state index in [1.807, 2.05) is 0 Å². The van der Waals surface area contributed by atoms with E-state index in [0.717, 1.165) is 38.5 Å². The molecule has 35 heavy (non-hydrogen) atoms. The number of hydrogen-bond acceptors (Lipinski definition) is 4. The number of methoxy groups -OCH3 is 1. The molecular formula is C31H48O4. The molecule has 1 N–H and O–H groups in total. The second-order valence-corrected chi connectivity index (χ2v) is 15.1. The molecule has 4 nitrogen and oxygen atoms in total. The molecule has 3 unspecified atom stereocenters. The van der Waals surface area contributed by atoms with Gasteiger partial charge in [-0.1, -0.05) is 60.1 Å². The van der Waals surface area contributed by atoms with E-state index in [1.54, 1.807) is 0 Å². The maximum atomic E-state index is 13.4.